The van der Waals surface area contributed by atoms with Crippen LogP contribution in [0.4, 0.5) is 5.69 Å². The van der Waals surface area contributed by atoms with Crippen molar-refractivity contribution in [3.05, 3.63) is 29.8 Å². The fourth-order valence-corrected chi connectivity index (χ4v) is 3.43. The topological polar surface area (TPSA) is 38.3 Å². The van der Waals surface area contributed by atoms with Crippen molar-refractivity contribution in [3.63, 3.8) is 0 Å². The van der Waals surface area contributed by atoms with E-state index in [1.165, 1.54) is 0 Å². The first-order valence-corrected chi connectivity index (χ1v) is 7.90. The summed E-state index contributed by atoms with van der Waals surface area (Å²) in [7, 11) is 0. The Morgan fingerprint density at radius 2 is 2.00 bits per heavy atom. The smallest absolute Gasteiger partial charge is 0.331 e. The lowest BCUT2D eigenvalue weighted by Crippen LogP contribution is -2.52. The molecule has 1 aromatic rings. The average Bonchev–Trinajstić information content (AvgIpc) is 2.40. The number of nitrogens with one attached hydrogen (secondary N) is 1. The highest BCUT2D eigenvalue weighted by Gasteiger charge is 2.46. The lowest BCUT2D eigenvalue weighted by atomic mass is 9.68. The van der Waals surface area contributed by atoms with Gasteiger partial charge in [0.2, 0.25) is 0 Å². The van der Waals surface area contributed by atoms with Gasteiger partial charge in [0.15, 0.2) is 0 Å². The van der Waals surface area contributed by atoms with Crippen LogP contribution in [-0.2, 0) is 9.53 Å². The van der Waals surface area contributed by atoms with Gasteiger partial charge in [-0.25, -0.2) is 4.79 Å². The van der Waals surface area contributed by atoms with Crippen LogP contribution in [0.2, 0.25) is 0 Å². The zero-order chi connectivity index (χ0) is 15.5. The Kier molecular flexibility index (Phi) is 4.60. The third-order valence-corrected chi connectivity index (χ3v) is 4.42. The second-order valence-corrected chi connectivity index (χ2v) is 6.94. The minimum absolute atomic E-state index is 0.110. The van der Waals surface area contributed by atoms with Crippen molar-refractivity contribution in [2.75, 3.05) is 11.9 Å². The number of carbonyl (C=O) groups is 1. The lowest BCUT2D eigenvalue weighted by molar-refractivity contribution is -0.151. The first-order chi connectivity index (χ1) is 9.88. The van der Waals surface area contributed by atoms with Gasteiger partial charge in [-0.1, -0.05) is 32.0 Å². The number of benzene rings is 1. The molecule has 1 N–H and O–H groups in total. The van der Waals surface area contributed by atoms with Gasteiger partial charge in [-0.15, -0.1) is 0 Å². The summed E-state index contributed by atoms with van der Waals surface area (Å²) in [6.07, 6.45) is 3.85. The maximum atomic E-state index is 12.6. The Morgan fingerprint density at radius 1 is 1.29 bits per heavy atom. The fraction of sp³-hybridized carbons (Fsp3) is 0.611. The maximum absolute atomic E-state index is 12.6. The van der Waals surface area contributed by atoms with Crippen molar-refractivity contribution in [2.45, 2.75) is 58.9 Å². The van der Waals surface area contributed by atoms with Crippen LogP contribution in [0.15, 0.2) is 24.3 Å². The summed E-state index contributed by atoms with van der Waals surface area (Å²) < 4.78 is 5.39. The van der Waals surface area contributed by atoms with Crippen molar-refractivity contribution in [3.8, 4) is 0 Å². The number of carbonyl (C=O) groups excluding carboxylic acids is 1. The Balaban J connectivity index is 2.32. The molecule has 1 aliphatic rings. The molecular formula is C18H27NO2. The molecule has 0 amide bonds. The van der Waals surface area contributed by atoms with Crippen LogP contribution in [0.3, 0.4) is 0 Å². The third kappa shape index (κ3) is 3.58. The molecule has 0 bridgehead atoms. The van der Waals surface area contributed by atoms with Gasteiger partial charge in [0, 0.05) is 5.69 Å². The molecule has 1 aromatic carbocycles. The van der Waals surface area contributed by atoms with E-state index < -0.39 is 5.54 Å². The second kappa shape index (κ2) is 6.08. The average molecular weight is 289 g/mol. The van der Waals surface area contributed by atoms with E-state index >= 15 is 0 Å². The number of aryl methyl sites for hydroxylation is 1. The highest BCUT2D eigenvalue weighted by molar-refractivity contribution is 5.85. The zero-order valence-electron chi connectivity index (χ0n) is 13.7. The summed E-state index contributed by atoms with van der Waals surface area (Å²) in [6.45, 7) is 8.83. The number of hydrogen-bond acceptors (Lipinski definition) is 3. The second-order valence-electron chi connectivity index (χ2n) is 6.94. The molecule has 21 heavy (non-hydrogen) atoms. The van der Waals surface area contributed by atoms with Gasteiger partial charge in [-0.3, -0.25) is 0 Å². The van der Waals surface area contributed by atoms with Crippen molar-refractivity contribution in [1.82, 2.24) is 0 Å². The number of hydrogen-bond donors (Lipinski definition) is 1. The summed E-state index contributed by atoms with van der Waals surface area (Å²) in [6, 6.07) is 8.12. The Morgan fingerprint density at radius 3 is 2.62 bits per heavy atom. The molecule has 0 radical (unpaired) electrons. The van der Waals surface area contributed by atoms with Crippen molar-refractivity contribution >= 4 is 11.7 Å². The predicted octanol–water partition coefficient (Wildman–Crippen LogP) is 4.31. The van der Waals surface area contributed by atoms with Crippen molar-refractivity contribution < 1.29 is 9.53 Å². The molecule has 0 saturated heterocycles. The van der Waals surface area contributed by atoms with Crippen LogP contribution < -0.4 is 5.32 Å². The molecule has 0 aliphatic heterocycles. The van der Waals surface area contributed by atoms with Crippen molar-refractivity contribution in [2.24, 2.45) is 5.41 Å². The van der Waals surface area contributed by atoms with Crippen LogP contribution >= 0.6 is 0 Å². The standard InChI is InChI=1S/C18H27NO2/c1-5-21-16(20)18(12-8-11-17(3,4)13-18)19-15-10-7-6-9-14(15)2/h6-7,9-10,19H,5,8,11-13H2,1-4H3. The largest absolute Gasteiger partial charge is 0.464 e. The number of anilines is 1. The van der Waals surface area contributed by atoms with Gasteiger partial charge in [0.05, 0.1) is 6.61 Å². The first kappa shape index (κ1) is 15.9. The van der Waals surface area contributed by atoms with Crippen LogP contribution in [0, 0.1) is 12.3 Å². The maximum Gasteiger partial charge on any atom is 0.331 e. The molecule has 0 aromatic heterocycles. The molecule has 3 nitrogen and oxygen atoms in total. The van der Waals surface area contributed by atoms with Crippen LogP contribution in [0.1, 0.15) is 52.0 Å². The summed E-state index contributed by atoms with van der Waals surface area (Å²) in [5, 5.41) is 3.53. The van der Waals surface area contributed by atoms with Crippen LogP contribution in [0.5, 0.6) is 0 Å². The zero-order valence-corrected chi connectivity index (χ0v) is 13.7. The summed E-state index contributed by atoms with van der Waals surface area (Å²) in [4.78, 5) is 12.6. The lowest BCUT2D eigenvalue weighted by Gasteiger charge is -2.44. The Hall–Kier alpha value is -1.51. The monoisotopic (exact) mass is 289 g/mol. The van der Waals surface area contributed by atoms with Gasteiger partial charge in [0.25, 0.3) is 0 Å². The van der Waals surface area contributed by atoms with Gasteiger partial charge in [-0.2, -0.15) is 0 Å². The number of esters is 1. The van der Waals surface area contributed by atoms with Crippen LogP contribution in [-0.4, -0.2) is 18.1 Å². The summed E-state index contributed by atoms with van der Waals surface area (Å²) >= 11 is 0. The van der Waals surface area contributed by atoms with Crippen molar-refractivity contribution in [1.29, 1.82) is 0 Å². The minimum Gasteiger partial charge on any atom is -0.464 e. The normalized spacial score (nSPS) is 24.4. The van der Waals surface area contributed by atoms with Crippen LogP contribution in [0.25, 0.3) is 0 Å². The van der Waals surface area contributed by atoms with Gasteiger partial charge < -0.3 is 10.1 Å². The molecule has 116 valence electrons. The number of para-hydroxylation sites is 1. The number of ether oxygens (including phenoxy) is 1. The Labute approximate surface area is 128 Å². The van der Waals surface area contributed by atoms with E-state index in [1.54, 1.807) is 0 Å². The van der Waals surface area contributed by atoms with E-state index in [9.17, 15) is 4.79 Å². The van der Waals surface area contributed by atoms with Gasteiger partial charge >= 0.3 is 5.97 Å². The van der Waals surface area contributed by atoms with E-state index in [0.717, 1.165) is 36.9 Å². The highest BCUT2D eigenvalue weighted by Crippen LogP contribution is 2.43. The van der Waals surface area contributed by atoms with E-state index in [0.29, 0.717) is 6.61 Å². The predicted molar refractivity (Wildman–Crippen MR) is 86.4 cm³/mol. The molecule has 1 unspecified atom stereocenters. The van der Waals surface area contributed by atoms with Gasteiger partial charge in [0.1, 0.15) is 5.54 Å². The molecule has 0 heterocycles. The molecule has 3 heteroatoms. The molecule has 1 aliphatic carbocycles. The highest BCUT2D eigenvalue weighted by atomic mass is 16.5. The number of rotatable bonds is 4. The van der Waals surface area contributed by atoms with E-state index in [2.05, 4.69) is 32.2 Å². The van der Waals surface area contributed by atoms with Gasteiger partial charge in [-0.05, 0) is 56.6 Å². The fourth-order valence-electron chi connectivity index (χ4n) is 3.43. The summed E-state index contributed by atoms with van der Waals surface area (Å²) in [5.41, 5.74) is 1.75. The third-order valence-electron chi connectivity index (χ3n) is 4.42. The molecule has 1 fully saturated rings. The first-order valence-electron chi connectivity index (χ1n) is 7.90. The summed E-state index contributed by atoms with van der Waals surface area (Å²) in [5.74, 6) is -0.110. The van der Waals surface area contributed by atoms with E-state index in [-0.39, 0.29) is 11.4 Å². The molecule has 1 atom stereocenters. The quantitative estimate of drug-likeness (QED) is 0.839. The van der Waals surface area contributed by atoms with E-state index in [1.807, 2.05) is 25.1 Å². The van der Waals surface area contributed by atoms with E-state index in [4.69, 9.17) is 4.74 Å². The molecule has 0 spiro atoms. The minimum atomic E-state index is -0.593. The molecule has 1 saturated carbocycles. The Bertz CT molecular complexity index is 510. The molecular weight excluding hydrogens is 262 g/mol. The molecule has 2 rings (SSSR count). The SMILES string of the molecule is CCOC(=O)C1(Nc2ccccc2C)CCCC(C)(C)C1.